The van der Waals surface area contributed by atoms with Crippen LogP contribution < -0.4 is 9.47 Å². The van der Waals surface area contributed by atoms with Crippen LogP contribution >= 0.6 is 0 Å². The molecule has 1 N–H and O–H groups in total. The van der Waals surface area contributed by atoms with Crippen molar-refractivity contribution >= 4 is 0 Å². The summed E-state index contributed by atoms with van der Waals surface area (Å²) >= 11 is 0. The number of likely N-dealkylation sites (N-methyl/N-ethyl adjacent to an activating group) is 1. The van der Waals surface area contributed by atoms with Gasteiger partial charge in [0, 0.05) is 19.7 Å². The van der Waals surface area contributed by atoms with Crippen LogP contribution in [-0.2, 0) is 0 Å². The summed E-state index contributed by atoms with van der Waals surface area (Å²) in [5.74, 6) is 1.59. The maximum absolute atomic E-state index is 8.84. The second-order valence-electron chi connectivity index (χ2n) is 4.24. The van der Waals surface area contributed by atoms with Gasteiger partial charge in [-0.25, -0.2) is 0 Å². The van der Waals surface area contributed by atoms with Crippen LogP contribution in [0.5, 0.6) is 11.5 Å². The molecule has 0 heterocycles. The second kappa shape index (κ2) is 9.64. The van der Waals surface area contributed by atoms with Gasteiger partial charge in [0.25, 0.3) is 0 Å². The summed E-state index contributed by atoms with van der Waals surface area (Å²) in [5.41, 5.74) is 0. The van der Waals surface area contributed by atoms with E-state index >= 15 is 0 Å². The van der Waals surface area contributed by atoms with Crippen LogP contribution in [-0.4, -0.2) is 49.5 Å². The van der Waals surface area contributed by atoms with E-state index in [9.17, 15) is 0 Å². The minimum absolute atomic E-state index is 0.241. The third kappa shape index (κ3) is 5.94. The highest BCUT2D eigenvalue weighted by Crippen LogP contribution is 2.26. The Hall–Kier alpha value is -1.26. The summed E-state index contributed by atoms with van der Waals surface area (Å²) < 4.78 is 11.3. The Morgan fingerprint density at radius 3 is 2.32 bits per heavy atom. The van der Waals surface area contributed by atoms with Crippen LogP contribution in [0.25, 0.3) is 0 Å². The zero-order valence-corrected chi connectivity index (χ0v) is 12.0. The molecule has 0 radical (unpaired) electrons. The summed E-state index contributed by atoms with van der Waals surface area (Å²) in [7, 11) is 0. The van der Waals surface area contributed by atoms with E-state index in [0.29, 0.717) is 13.2 Å². The van der Waals surface area contributed by atoms with E-state index in [4.69, 9.17) is 14.6 Å². The van der Waals surface area contributed by atoms with Crippen molar-refractivity contribution in [3.8, 4) is 11.5 Å². The largest absolute Gasteiger partial charge is 0.490 e. The van der Waals surface area contributed by atoms with Crippen molar-refractivity contribution in [2.45, 2.75) is 20.3 Å². The van der Waals surface area contributed by atoms with Gasteiger partial charge in [0.15, 0.2) is 11.5 Å². The van der Waals surface area contributed by atoms with Gasteiger partial charge in [-0.3, -0.25) is 0 Å². The zero-order chi connectivity index (χ0) is 13.9. The molecule has 1 aromatic carbocycles. The SMILES string of the molecule is CCOc1ccccc1OCCN(CC)CCCO. The topological polar surface area (TPSA) is 41.9 Å². The Labute approximate surface area is 115 Å². The molecule has 0 saturated carbocycles. The molecule has 0 amide bonds. The highest BCUT2D eigenvalue weighted by Gasteiger charge is 2.05. The van der Waals surface area contributed by atoms with Crippen molar-refractivity contribution < 1.29 is 14.6 Å². The fourth-order valence-corrected chi connectivity index (χ4v) is 1.85. The van der Waals surface area contributed by atoms with Gasteiger partial charge in [-0.05, 0) is 32.0 Å². The molecule has 0 aliphatic heterocycles. The van der Waals surface area contributed by atoms with Crippen molar-refractivity contribution in [1.29, 1.82) is 0 Å². The highest BCUT2D eigenvalue weighted by molar-refractivity contribution is 5.39. The number of hydrogen-bond acceptors (Lipinski definition) is 4. The molecule has 0 atom stereocenters. The van der Waals surface area contributed by atoms with E-state index < -0.39 is 0 Å². The van der Waals surface area contributed by atoms with Gasteiger partial charge in [-0.15, -0.1) is 0 Å². The lowest BCUT2D eigenvalue weighted by molar-refractivity contribution is 0.190. The number of benzene rings is 1. The van der Waals surface area contributed by atoms with Gasteiger partial charge in [0.05, 0.1) is 6.61 Å². The second-order valence-corrected chi connectivity index (χ2v) is 4.24. The Kier molecular flexibility index (Phi) is 8.02. The van der Waals surface area contributed by atoms with E-state index in [0.717, 1.165) is 37.6 Å². The number of hydrogen-bond donors (Lipinski definition) is 1. The maximum atomic E-state index is 8.84. The first-order valence-corrected chi connectivity index (χ1v) is 6.99. The predicted molar refractivity (Wildman–Crippen MR) is 76.9 cm³/mol. The summed E-state index contributed by atoms with van der Waals surface area (Å²) in [6, 6.07) is 7.73. The molecule has 1 aromatic rings. The lowest BCUT2D eigenvalue weighted by Gasteiger charge is -2.20. The van der Waals surface area contributed by atoms with E-state index in [-0.39, 0.29) is 6.61 Å². The number of aliphatic hydroxyl groups excluding tert-OH is 1. The molecule has 0 aliphatic carbocycles. The van der Waals surface area contributed by atoms with Gasteiger partial charge in [-0.2, -0.15) is 0 Å². The first-order valence-electron chi connectivity index (χ1n) is 6.99. The van der Waals surface area contributed by atoms with Gasteiger partial charge in [-0.1, -0.05) is 19.1 Å². The molecule has 0 saturated heterocycles. The van der Waals surface area contributed by atoms with E-state index in [1.807, 2.05) is 31.2 Å². The third-order valence-electron chi connectivity index (χ3n) is 2.89. The minimum Gasteiger partial charge on any atom is -0.490 e. The smallest absolute Gasteiger partial charge is 0.161 e. The number of ether oxygens (including phenoxy) is 2. The summed E-state index contributed by atoms with van der Waals surface area (Å²) in [5, 5.41) is 8.84. The molecular formula is C15H25NO3. The molecule has 0 unspecified atom stereocenters. The minimum atomic E-state index is 0.241. The Morgan fingerprint density at radius 1 is 1.05 bits per heavy atom. The normalized spacial score (nSPS) is 10.7. The standard InChI is InChI=1S/C15H25NO3/c1-3-16(10-7-12-17)11-13-19-15-9-6-5-8-14(15)18-4-2/h5-6,8-9,17H,3-4,7,10-13H2,1-2H3. The van der Waals surface area contributed by atoms with Crippen molar-refractivity contribution in [1.82, 2.24) is 4.90 Å². The highest BCUT2D eigenvalue weighted by atomic mass is 16.5. The average molecular weight is 267 g/mol. The van der Waals surface area contributed by atoms with Crippen molar-refractivity contribution in [2.24, 2.45) is 0 Å². The Balaban J connectivity index is 2.39. The van der Waals surface area contributed by atoms with Gasteiger partial charge in [0.2, 0.25) is 0 Å². The van der Waals surface area contributed by atoms with Crippen molar-refractivity contribution in [2.75, 3.05) is 39.5 Å². The monoisotopic (exact) mass is 267 g/mol. The summed E-state index contributed by atoms with van der Waals surface area (Å²) in [4.78, 5) is 2.26. The van der Waals surface area contributed by atoms with Crippen LogP contribution in [0.3, 0.4) is 0 Å². The van der Waals surface area contributed by atoms with Crippen LogP contribution in [0.2, 0.25) is 0 Å². The van der Waals surface area contributed by atoms with E-state index in [1.165, 1.54) is 0 Å². The molecule has 1 rings (SSSR count). The predicted octanol–water partition coefficient (Wildman–Crippen LogP) is 2.17. The molecule has 4 nitrogen and oxygen atoms in total. The molecule has 0 fully saturated rings. The molecule has 4 heteroatoms. The molecule has 108 valence electrons. The maximum Gasteiger partial charge on any atom is 0.161 e. The molecule has 0 spiro atoms. The van der Waals surface area contributed by atoms with Gasteiger partial charge in [0.1, 0.15) is 6.61 Å². The molecule has 0 aliphatic rings. The first-order chi connectivity index (χ1) is 9.31. The zero-order valence-electron chi connectivity index (χ0n) is 12.0. The molecule has 19 heavy (non-hydrogen) atoms. The Bertz CT molecular complexity index is 344. The van der Waals surface area contributed by atoms with Crippen molar-refractivity contribution in [3.05, 3.63) is 24.3 Å². The number of aliphatic hydroxyl groups is 1. The van der Waals surface area contributed by atoms with Crippen LogP contribution in [0.15, 0.2) is 24.3 Å². The quantitative estimate of drug-likeness (QED) is 0.705. The average Bonchev–Trinajstić information content (AvgIpc) is 2.44. The van der Waals surface area contributed by atoms with Crippen LogP contribution in [0.4, 0.5) is 0 Å². The van der Waals surface area contributed by atoms with Gasteiger partial charge < -0.3 is 19.5 Å². The Morgan fingerprint density at radius 2 is 1.74 bits per heavy atom. The summed E-state index contributed by atoms with van der Waals surface area (Å²) in [6.07, 6.45) is 0.809. The van der Waals surface area contributed by atoms with E-state index in [2.05, 4.69) is 11.8 Å². The van der Waals surface area contributed by atoms with Crippen molar-refractivity contribution in [3.63, 3.8) is 0 Å². The number of para-hydroxylation sites is 2. The van der Waals surface area contributed by atoms with Crippen LogP contribution in [0.1, 0.15) is 20.3 Å². The lowest BCUT2D eigenvalue weighted by Crippen LogP contribution is -2.29. The third-order valence-corrected chi connectivity index (χ3v) is 2.89. The van der Waals surface area contributed by atoms with E-state index in [1.54, 1.807) is 0 Å². The fourth-order valence-electron chi connectivity index (χ4n) is 1.85. The first kappa shape index (κ1) is 15.8. The lowest BCUT2D eigenvalue weighted by atomic mass is 10.3. The molecular weight excluding hydrogens is 242 g/mol. The number of nitrogens with zero attached hydrogens (tertiary/aromatic N) is 1. The fraction of sp³-hybridized carbons (Fsp3) is 0.600. The number of rotatable bonds is 10. The molecule has 0 bridgehead atoms. The summed E-state index contributed by atoms with van der Waals surface area (Å²) in [6.45, 7) is 8.32. The van der Waals surface area contributed by atoms with Crippen LogP contribution in [0, 0.1) is 0 Å². The molecule has 0 aromatic heterocycles. The van der Waals surface area contributed by atoms with Gasteiger partial charge >= 0.3 is 0 Å².